The van der Waals surface area contributed by atoms with Gasteiger partial charge in [0.25, 0.3) is 0 Å². The summed E-state index contributed by atoms with van der Waals surface area (Å²) in [6.45, 7) is 0. The molecular formula is C16H16O2S. The Kier molecular flexibility index (Phi) is 2.94. The van der Waals surface area contributed by atoms with Crippen LogP contribution in [0.2, 0.25) is 0 Å². The van der Waals surface area contributed by atoms with Crippen LogP contribution in [0, 0.1) is 0 Å². The Morgan fingerprint density at radius 3 is 2.37 bits per heavy atom. The zero-order valence-electron chi connectivity index (χ0n) is 10.9. The van der Waals surface area contributed by atoms with Gasteiger partial charge in [0.2, 0.25) is 0 Å². The van der Waals surface area contributed by atoms with Crippen LogP contribution in [0.25, 0.3) is 11.1 Å². The molecule has 0 aromatic heterocycles. The lowest BCUT2D eigenvalue weighted by atomic mass is 9.97. The predicted molar refractivity (Wildman–Crippen MR) is 77.0 cm³/mol. The van der Waals surface area contributed by atoms with Gasteiger partial charge in [-0.3, -0.25) is 0 Å². The van der Waals surface area contributed by atoms with Gasteiger partial charge in [0.05, 0.1) is 4.90 Å². The molecule has 0 N–H and O–H groups in total. The minimum absolute atomic E-state index is 0.379. The van der Waals surface area contributed by atoms with Crippen LogP contribution in [0.15, 0.2) is 47.4 Å². The highest BCUT2D eigenvalue weighted by Crippen LogP contribution is 2.32. The molecule has 1 aliphatic carbocycles. The van der Waals surface area contributed by atoms with Crippen LogP contribution in [0.5, 0.6) is 0 Å². The molecule has 98 valence electrons. The van der Waals surface area contributed by atoms with E-state index in [1.165, 1.54) is 29.4 Å². The van der Waals surface area contributed by atoms with Gasteiger partial charge in [0.1, 0.15) is 0 Å². The van der Waals surface area contributed by atoms with Gasteiger partial charge in [-0.1, -0.05) is 30.3 Å². The van der Waals surface area contributed by atoms with E-state index >= 15 is 0 Å². The molecule has 0 saturated heterocycles. The van der Waals surface area contributed by atoms with Gasteiger partial charge >= 0.3 is 0 Å². The summed E-state index contributed by atoms with van der Waals surface area (Å²) in [5.74, 6) is 0. The average molecular weight is 272 g/mol. The molecule has 2 aromatic carbocycles. The fourth-order valence-corrected chi connectivity index (χ4v) is 3.40. The van der Waals surface area contributed by atoms with Gasteiger partial charge in [-0.2, -0.15) is 0 Å². The topological polar surface area (TPSA) is 34.1 Å². The molecule has 0 radical (unpaired) electrons. The summed E-state index contributed by atoms with van der Waals surface area (Å²) in [4.78, 5) is 0.379. The van der Waals surface area contributed by atoms with Crippen molar-refractivity contribution >= 4 is 9.84 Å². The molecule has 0 saturated carbocycles. The lowest BCUT2D eigenvalue weighted by molar-refractivity contribution is 0.602. The van der Waals surface area contributed by atoms with E-state index in [1.54, 1.807) is 12.1 Å². The zero-order chi connectivity index (χ0) is 13.5. The van der Waals surface area contributed by atoms with Crippen LogP contribution in [0.1, 0.15) is 17.5 Å². The number of hydrogen-bond acceptors (Lipinski definition) is 2. The Labute approximate surface area is 114 Å². The first-order valence-corrected chi connectivity index (χ1v) is 8.36. The summed E-state index contributed by atoms with van der Waals surface area (Å²) >= 11 is 0. The van der Waals surface area contributed by atoms with Crippen molar-refractivity contribution in [2.45, 2.75) is 24.2 Å². The second-order valence-electron chi connectivity index (χ2n) is 5.09. The first-order chi connectivity index (χ1) is 9.05. The average Bonchev–Trinajstić information content (AvgIpc) is 2.86. The summed E-state index contributed by atoms with van der Waals surface area (Å²) in [6, 6.07) is 13.6. The lowest BCUT2D eigenvalue weighted by Crippen LogP contribution is -1.96. The van der Waals surface area contributed by atoms with E-state index in [1.807, 2.05) is 12.1 Å². The summed E-state index contributed by atoms with van der Waals surface area (Å²) < 4.78 is 22.9. The maximum Gasteiger partial charge on any atom is 0.175 e. The van der Waals surface area contributed by atoms with Crippen LogP contribution in [0.3, 0.4) is 0 Å². The molecule has 0 amide bonds. The SMILES string of the molecule is CS(=O)(=O)c1ccc(-c2cccc3c2CCC3)cc1. The monoisotopic (exact) mass is 272 g/mol. The van der Waals surface area contributed by atoms with Gasteiger partial charge in [-0.15, -0.1) is 0 Å². The molecule has 0 bridgehead atoms. The van der Waals surface area contributed by atoms with E-state index in [4.69, 9.17) is 0 Å². The minimum Gasteiger partial charge on any atom is -0.224 e. The third-order valence-electron chi connectivity index (χ3n) is 3.74. The van der Waals surface area contributed by atoms with E-state index in [0.29, 0.717) is 4.90 Å². The number of benzene rings is 2. The Morgan fingerprint density at radius 1 is 0.947 bits per heavy atom. The van der Waals surface area contributed by atoms with Crippen molar-refractivity contribution < 1.29 is 8.42 Å². The van der Waals surface area contributed by atoms with Gasteiger partial charge in [0, 0.05) is 6.26 Å². The molecule has 0 heterocycles. The summed E-state index contributed by atoms with van der Waals surface area (Å²) in [5, 5.41) is 0. The van der Waals surface area contributed by atoms with Crippen LogP contribution >= 0.6 is 0 Å². The number of aryl methyl sites for hydroxylation is 1. The molecule has 0 atom stereocenters. The van der Waals surface area contributed by atoms with E-state index in [9.17, 15) is 8.42 Å². The van der Waals surface area contributed by atoms with Gasteiger partial charge in [-0.25, -0.2) is 8.42 Å². The second kappa shape index (κ2) is 4.49. The van der Waals surface area contributed by atoms with Crippen LogP contribution < -0.4 is 0 Å². The van der Waals surface area contributed by atoms with Crippen LogP contribution in [0.4, 0.5) is 0 Å². The van der Waals surface area contributed by atoms with E-state index < -0.39 is 9.84 Å². The van der Waals surface area contributed by atoms with E-state index in [0.717, 1.165) is 18.4 Å². The summed E-state index contributed by atoms with van der Waals surface area (Å²) in [5.41, 5.74) is 5.21. The molecule has 2 nitrogen and oxygen atoms in total. The first kappa shape index (κ1) is 12.4. The van der Waals surface area contributed by atoms with Crippen LogP contribution in [-0.2, 0) is 22.7 Å². The molecule has 0 fully saturated rings. The van der Waals surface area contributed by atoms with Crippen molar-refractivity contribution in [2.24, 2.45) is 0 Å². The predicted octanol–water partition coefficient (Wildman–Crippen LogP) is 3.25. The highest BCUT2D eigenvalue weighted by molar-refractivity contribution is 7.90. The maximum atomic E-state index is 11.5. The Morgan fingerprint density at radius 2 is 1.68 bits per heavy atom. The van der Waals surface area contributed by atoms with Crippen molar-refractivity contribution in [3.8, 4) is 11.1 Å². The molecule has 3 heteroatoms. The van der Waals surface area contributed by atoms with Crippen molar-refractivity contribution in [1.29, 1.82) is 0 Å². The second-order valence-corrected chi connectivity index (χ2v) is 7.11. The van der Waals surface area contributed by atoms with Gasteiger partial charge < -0.3 is 0 Å². The highest BCUT2D eigenvalue weighted by atomic mass is 32.2. The fraction of sp³-hybridized carbons (Fsp3) is 0.250. The zero-order valence-corrected chi connectivity index (χ0v) is 11.7. The largest absolute Gasteiger partial charge is 0.224 e. The van der Waals surface area contributed by atoms with Crippen molar-refractivity contribution in [3.63, 3.8) is 0 Å². The fourth-order valence-electron chi connectivity index (χ4n) is 2.77. The van der Waals surface area contributed by atoms with Gasteiger partial charge in [0.15, 0.2) is 9.84 Å². The molecule has 3 rings (SSSR count). The smallest absolute Gasteiger partial charge is 0.175 e. The molecule has 0 aliphatic heterocycles. The molecule has 2 aromatic rings. The highest BCUT2D eigenvalue weighted by Gasteiger charge is 2.15. The maximum absolute atomic E-state index is 11.5. The summed E-state index contributed by atoms with van der Waals surface area (Å²) in [7, 11) is -3.11. The van der Waals surface area contributed by atoms with E-state index in [-0.39, 0.29) is 0 Å². The lowest BCUT2D eigenvalue weighted by Gasteiger charge is -2.09. The molecule has 0 spiro atoms. The minimum atomic E-state index is -3.11. The standard InChI is InChI=1S/C16H16O2S/c1-19(17,18)14-10-8-13(9-11-14)16-7-3-5-12-4-2-6-15(12)16/h3,5,7-11H,2,4,6H2,1H3. The molecule has 1 aliphatic rings. The third kappa shape index (κ3) is 2.30. The number of hydrogen-bond donors (Lipinski definition) is 0. The van der Waals surface area contributed by atoms with E-state index in [2.05, 4.69) is 18.2 Å². The molecule has 0 unspecified atom stereocenters. The van der Waals surface area contributed by atoms with Crippen LogP contribution in [-0.4, -0.2) is 14.7 Å². The quantitative estimate of drug-likeness (QED) is 0.841. The Bertz CT molecular complexity index is 713. The number of sulfone groups is 1. The molecule has 19 heavy (non-hydrogen) atoms. The first-order valence-electron chi connectivity index (χ1n) is 6.47. The van der Waals surface area contributed by atoms with Crippen molar-refractivity contribution in [3.05, 3.63) is 53.6 Å². The van der Waals surface area contributed by atoms with Crippen molar-refractivity contribution in [1.82, 2.24) is 0 Å². The Hall–Kier alpha value is -1.61. The molecular weight excluding hydrogens is 256 g/mol. The third-order valence-corrected chi connectivity index (χ3v) is 4.87. The summed E-state index contributed by atoms with van der Waals surface area (Å²) in [6.07, 6.45) is 4.74. The number of fused-ring (bicyclic) bond motifs is 1. The van der Waals surface area contributed by atoms with Crippen molar-refractivity contribution in [2.75, 3.05) is 6.26 Å². The Balaban J connectivity index is 2.07. The normalized spacial score (nSPS) is 14.4. The van der Waals surface area contributed by atoms with Gasteiger partial charge in [-0.05, 0) is 53.6 Å². The number of rotatable bonds is 2.